The Morgan fingerprint density at radius 3 is 2.52 bits per heavy atom. The Morgan fingerprint density at radius 2 is 1.86 bits per heavy atom. The number of ketones is 1. The summed E-state index contributed by atoms with van der Waals surface area (Å²) >= 11 is 3.41. The maximum Gasteiger partial charge on any atom is 0.200 e. The highest BCUT2D eigenvalue weighted by Gasteiger charge is 2.08. The first-order valence-corrected chi connectivity index (χ1v) is 7.90. The molecule has 0 fully saturated rings. The minimum Gasteiger partial charge on any atom is -0.485 e. The molecule has 0 aromatic heterocycles. The fourth-order valence-corrected chi connectivity index (χ4v) is 2.44. The van der Waals surface area contributed by atoms with Gasteiger partial charge in [-0.25, -0.2) is 0 Å². The van der Waals surface area contributed by atoms with Gasteiger partial charge in [-0.2, -0.15) is 0 Å². The van der Waals surface area contributed by atoms with Crippen LogP contribution in [-0.2, 0) is 6.42 Å². The molecule has 0 amide bonds. The van der Waals surface area contributed by atoms with Crippen molar-refractivity contribution in [2.75, 3.05) is 6.61 Å². The Kier molecular flexibility index (Phi) is 5.57. The average molecular weight is 347 g/mol. The van der Waals surface area contributed by atoms with Gasteiger partial charge in [0.2, 0.25) is 0 Å². The molecule has 0 saturated carbocycles. The molecule has 0 bridgehead atoms. The summed E-state index contributed by atoms with van der Waals surface area (Å²) in [6.07, 6.45) is 2.15. The molecule has 0 atom stereocenters. The van der Waals surface area contributed by atoms with Crippen LogP contribution in [0.2, 0.25) is 0 Å². The third-order valence-corrected chi connectivity index (χ3v) is 3.82. The molecular weight excluding hydrogens is 328 g/mol. The molecule has 21 heavy (non-hydrogen) atoms. The normalized spacial score (nSPS) is 10.4. The predicted octanol–water partition coefficient (Wildman–Crippen LogP) is 4.97. The van der Waals surface area contributed by atoms with Crippen molar-refractivity contribution in [3.05, 3.63) is 63.6 Å². The molecule has 0 aliphatic rings. The van der Waals surface area contributed by atoms with Gasteiger partial charge in [0, 0.05) is 10.0 Å². The first-order chi connectivity index (χ1) is 10.1. The van der Waals surface area contributed by atoms with Crippen LogP contribution < -0.4 is 4.74 Å². The number of hydrogen-bond acceptors (Lipinski definition) is 2. The molecule has 2 aromatic rings. The van der Waals surface area contributed by atoms with Gasteiger partial charge in [-0.05, 0) is 36.6 Å². The molecular formula is C18H19BrO2. The SMILES string of the molecule is CCCc1ccc(C(=O)COc2cc(Br)ccc2C)cc1. The van der Waals surface area contributed by atoms with Crippen molar-refractivity contribution in [3.63, 3.8) is 0 Å². The van der Waals surface area contributed by atoms with Crippen molar-refractivity contribution in [1.29, 1.82) is 0 Å². The number of halogens is 1. The van der Waals surface area contributed by atoms with Crippen LogP contribution in [0.5, 0.6) is 5.75 Å². The summed E-state index contributed by atoms with van der Waals surface area (Å²) in [4.78, 5) is 12.1. The molecule has 110 valence electrons. The lowest BCUT2D eigenvalue weighted by Gasteiger charge is -2.09. The second-order valence-electron chi connectivity index (χ2n) is 5.07. The second kappa shape index (κ2) is 7.41. The van der Waals surface area contributed by atoms with Gasteiger partial charge >= 0.3 is 0 Å². The van der Waals surface area contributed by atoms with E-state index in [4.69, 9.17) is 4.74 Å². The summed E-state index contributed by atoms with van der Waals surface area (Å²) < 4.78 is 6.58. The number of aryl methyl sites for hydroxylation is 2. The van der Waals surface area contributed by atoms with E-state index in [1.165, 1.54) is 5.56 Å². The summed E-state index contributed by atoms with van der Waals surface area (Å²) in [5, 5.41) is 0. The minimum absolute atomic E-state index is 0.00239. The number of rotatable bonds is 6. The monoisotopic (exact) mass is 346 g/mol. The van der Waals surface area contributed by atoms with Crippen LogP contribution in [0, 0.1) is 6.92 Å². The zero-order valence-electron chi connectivity index (χ0n) is 12.4. The summed E-state index contributed by atoms with van der Waals surface area (Å²) in [7, 11) is 0. The Bertz CT molecular complexity index is 618. The van der Waals surface area contributed by atoms with E-state index >= 15 is 0 Å². The van der Waals surface area contributed by atoms with E-state index < -0.39 is 0 Å². The van der Waals surface area contributed by atoms with E-state index in [0.717, 1.165) is 28.6 Å². The van der Waals surface area contributed by atoms with Crippen LogP contribution in [0.3, 0.4) is 0 Å². The van der Waals surface area contributed by atoms with Crippen LogP contribution in [0.25, 0.3) is 0 Å². The van der Waals surface area contributed by atoms with Crippen molar-refractivity contribution in [2.24, 2.45) is 0 Å². The Labute approximate surface area is 134 Å². The molecule has 0 heterocycles. The minimum atomic E-state index is -0.00239. The van der Waals surface area contributed by atoms with Crippen molar-refractivity contribution in [1.82, 2.24) is 0 Å². The van der Waals surface area contributed by atoms with E-state index in [0.29, 0.717) is 5.56 Å². The molecule has 0 saturated heterocycles. The molecule has 0 aliphatic heterocycles. The van der Waals surface area contributed by atoms with E-state index in [1.54, 1.807) is 0 Å². The summed E-state index contributed by atoms with van der Waals surface area (Å²) in [6, 6.07) is 13.6. The number of carbonyl (C=O) groups is 1. The van der Waals surface area contributed by atoms with Gasteiger partial charge in [0.1, 0.15) is 5.75 Å². The topological polar surface area (TPSA) is 26.3 Å². The van der Waals surface area contributed by atoms with Crippen LogP contribution in [-0.4, -0.2) is 12.4 Å². The maximum atomic E-state index is 12.1. The molecule has 0 aliphatic carbocycles. The van der Waals surface area contributed by atoms with Crippen molar-refractivity contribution >= 4 is 21.7 Å². The van der Waals surface area contributed by atoms with Gasteiger partial charge in [0.05, 0.1) is 0 Å². The van der Waals surface area contributed by atoms with Gasteiger partial charge in [-0.1, -0.05) is 59.6 Å². The van der Waals surface area contributed by atoms with Crippen molar-refractivity contribution in [3.8, 4) is 5.75 Å². The van der Waals surface area contributed by atoms with Crippen LogP contribution in [0.1, 0.15) is 34.8 Å². The zero-order chi connectivity index (χ0) is 15.2. The molecule has 3 heteroatoms. The molecule has 0 N–H and O–H groups in total. The van der Waals surface area contributed by atoms with E-state index in [9.17, 15) is 4.79 Å². The van der Waals surface area contributed by atoms with Gasteiger partial charge in [0.15, 0.2) is 12.4 Å². The number of Topliss-reactive ketones (excluding diaryl/α,β-unsaturated/α-hetero) is 1. The average Bonchev–Trinajstić information content (AvgIpc) is 2.49. The number of benzene rings is 2. The molecule has 0 spiro atoms. The quantitative estimate of drug-likeness (QED) is 0.690. The molecule has 2 rings (SSSR count). The van der Waals surface area contributed by atoms with E-state index in [2.05, 4.69) is 22.9 Å². The highest BCUT2D eigenvalue weighted by molar-refractivity contribution is 9.10. The Morgan fingerprint density at radius 1 is 1.14 bits per heavy atom. The molecule has 0 unspecified atom stereocenters. The summed E-state index contributed by atoms with van der Waals surface area (Å²) in [5.41, 5.74) is 2.98. The number of hydrogen-bond donors (Lipinski definition) is 0. The maximum absolute atomic E-state index is 12.1. The standard InChI is InChI=1S/C18H19BrO2/c1-3-4-14-6-8-15(9-7-14)17(20)12-21-18-11-16(19)10-5-13(18)2/h5-11H,3-4,12H2,1-2H3. The molecule has 0 radical (unpaired) electrons. The van der Waals surface area contributed by atoms with Gasteiger partial charge in [-0.3, -0.25) is 4.79 Å². The van der Waals surface area contributed by atoms with Crippen LogP contribution >= 0.6 is 15.9 Å². The van der Waals surface area contributed by atoms with E-state index in [-0.39, 0.29) is 12.4 Å². The molecule has 2 nitrogen and oxygen atoms in total. The number of ether oxygens (including phenoxy) is 1. The summed E-state index contributed by atoms with van der Waals surface area (Å²) in [5.74, 6) is 0.734. The fourth-order valence-electron chi connectivity index (χ4n) is 2.10. The third kappa shape index (κ3) is 4.43. The highest BCUT2D eigenvalue weighted by Crippen LogP contribution is 2.23. The number of carbonyl (C=O) groups excluding carboxylic acids is 1. The lowest BCUT2D eigenvalue weighted by molar-refractivity contribution is 0.0921. The van der Waals surface area contributed by atoms with Gasteiger partial charge in [0.25, 0.3) is 0 Å². The first-order valence-electron chi connectivity index (χ1n) is 7.11. The summed E-state index contributed by atoms with van der Waals surface area (Å²) in [6.45, 7) is 4.17. The highest BCUT2D eigenvalue weighted by atomic mass is 79.9. The third-order valence-electron chi connectivity index (χ3n) is 3.32. The fraction of sp³-hybridized carbons (Fsp3) is 0.278. The first kappa shape index (κ1) is 15.8. The van der Waals surface area contributed by atoms with E-state index in [1.807, 2.05) is 49.4 Å². The largest absolute Gasteiger partial charge is 0.485 e. The van der Waals surface area contributed by atoms with Crippen LogP contribution in [0.15, 0.2) is 46.9 Å². The van der Waals surface area contributed by atoms with Crippen molar-refractivity contribution < 1.29 is 9.53 Å². The van der Waals surface area contributed by atoms with Gasteiger partial charge < -0.3 is 4.74 Å². The second-order valence-corrected chi connectivity index (χ2v) is 5.98. The molecule has 2 aromatic carbocycles. The lowest BCUT2D eigenvalue weighted by atomic mass is 10.1. The van der Waals surface area contributed by atoms with Crippen molar-refractivity contribution in [2.45, 2.75) is 26.7 Å². The lowest BCUT2D eigenvalue weighted by Crippen LogP contribution is -2.12. The Hall–Kier alpha value is -1.61. The Balaban J connectivity index is 1.99. The van der Waals surface area contributed by atoms with Crippen LogP contribution in [0.4, 0.5) is 0 Å². The van der Waals surface area contributed by atoms with Gasteiger partial charge in [-0.15, -0.1) is 0 Å². The predicted molar refractivity (Wildman–Crippen MR) is 89.1 cm³/mol. The smallest absolute Gasteiger partial charge is 0.200 e. The zero-order valence-corrected chi connectivity index (χ0v) is 13.9.